The molecule has 0 unspecified atom stereocenters. The molecular weight excluding hydrogens is 210 g/mol. The zero-order valence-corrected chi connectivity index (χ0v) is 11.4. The van der Waals surface area contributed by atoms with Crippen molar-refractivity contribution in [3.05, 3.63) is 23.8 Å². The molecule has 0 aromatic heterocycles. The first-order chi connectivity index (χ1) is 8.04. The molecule has 1 rings (SSSR count). The van der Waals surface area contributed by atoms with E-state index in [0.29, 0.717) is 5.92 Å². The third-order valence-corrected chi connectivity index (χ3v) is 2.54. The Morgan fingerprint density at radius 3 is 2.65 bits per heavy atom. The standard InChI is InChI=1S/C15H21NO/c1-12(2)7-6-10-16(4)14-9-8-13(3)15(11-14)17-5/h8-9,11-12H,10H2,1-5H3. The number of methoxy groups -OCH3 is 1. The van der Waals surface area contributed by atoms with Crippen LogP contribution in [-0.4, -0.2) is 20.7 Å². The average molecular weight is 231 g/mol. The highest BCUT2D eigenvalue weighted by atomic mass is 16.5. The van der Waals surface area contributed by atoms with Crippen molar-refractivity contribution in [2.45, 2.75) is 20.8 Å². The molecular formula is C15H21NO. The van der Waals surface area contributed by atoms with Crippen molar-refractivity contribution in [2.75, 3.05) is 25.6 Å². The van der Waals surface area contributed by atoms with E-state index in [1.807, 2.05) is 20.0 Å². The van der Waals surface area contributed by atoms with Crippen LogP contribution in [0.3, 0.4) is 0 Å². The number of anilines is 1. The van der Waals surface area contributed by atoms with Gasteiger partial charge in [0.25, 0.3) is 0 Å². The van der Waals surface area contributed by atoms with Gasteiger partial charge in [0.1, 0.15) is 5.75 Å². The monoisotopic (exact) mass is 231 g/mol. The quantitative estimate of drug-likeness (QED) is 0.741. The Hall–Kier alpha value is -1.62. The third kappa shape index (κ3) is 4.03. The van der Waals surface area contributed by atoms with E-state index in [1.165, 1.54) is 0 Å². The number of ether oxygens (including phenoxy) is 1. The van der Waals surface area contributed by atoms with E-state index in [2.05, 4.69) is 42.7 Å². The van der Waals surface area contributed by atoms with Crippen molar-refractivity contribution < 1.29 is 4.74 Å². The lowest BCUT2D eigenvalue weighted by molar-refractivity contribution is 0.412. The van der Waals surface area contributed by atoms with E-state index >= 15 is 0 Å². The van der Waals surface area contributed by atoms with Gasteiger partial charge in [-0.1, -0.05) is 31.8 Å². The largest absolute Gasteiger partial charge is 0.496 e. The number of hydrogen-bond acceptors (Lipinski definition) is 2. The molecule has 0 spiro atoms. The highest BCUT2D eigenvalue weighted by Gasteiger charge is 2.03. The molecule has 0 amide bonds. The van der Waals surface area contributed by atoms with Gasteiger partial charge in [-0.3, -0.25) is 0 Å². The zero-order valence-electron chi connectivity index (χ0n) is 11.4. The summed E-state index contributed by atoms with van der Waals surface area (Å²) in [5.41, 5.74) is 2.28. The molecule has 1 aromatic carbocycles. The van der Waals surface area contributed by atoms with Crippen molar-refractivity contribution in [2.24, 2.45) is 5.92 Å². The van der Waals surface area contributed by atoms with Crippen LogP contribution in [0.15, 0.2) is 18.2 Å². The first-order valence-electron chi connectivity index (χ1n) is 5.88. The fourth-order valence-corrected chi connectivity index (χ4v) is 1.51. The Balaban J connectivity index is 2.76. The average Bonchev–Trinajstić information content (AvgIpc) is 2.29. The normalized spacial score (nSPS) is 9.76. The molecule has 1 aromatic rings. The molecule has 92 valence electrons. The third-order valence-electron chi connectivity index (χ3n) is 2.54. The van der Waals surface area contributed by atoms with Crippen molar-refractivity contribution in [1.29, 1.82) is 0 Å². The summed E-state index contributed by atoms with van der Waals surface area (Å²) >= 11 is 0. The molecule has 0 fully saturated rings. The molecule has 0 radical (unpaired) electrons. The van der Waals surface area contributed by atoms with Gasteiger partial charge < -0.3 is 9.64 Å². The van der Waals surface area contributed by atoms with Crippen LogP contribution in [0.2, 0.25) is 0 Å². The maximum absolute atomic E-state index is 5.32. The number of rotatable bonds is 3. The van der Waals surface area contributed by atoms with E-state index < -0.39 is 0 Å². The van der Waals surface area contributed by atoms with E-state index in [4.69, 9.17) is 4.74 Å². The molecule has 2 heteroatoms. The number of benzene rings is 1. The van der Waals surface area contributed by atoms with Crippen LogP contribution in [-0.2, 0) is 0 Å². The molecule has 0 N–H and O–H groups in total. The second kappa shape index (κ2) is 6.20. The Kier molecular flexibility index (Phi) is 4.90. The lowest BCUT2D eigenvalue weighted by Gasteiger charge is -2.17. The van der Waals surface area contributed by atoms with Crippen molar-refractivity contribution in [3.63, 3.8) is 0 Å². The zero-order chi connectivity index (χ0) is 12.8. The van der Waals surface area contributed by atoms with Crippen LogP contribution >= 0.6 is 0 Å². The van der Waals surface area contributed by atoms with E-state index in [-0.39, 0.29) is 0 Å². The first-order valence-corrected chi connectivity index (χ1v) is 5.88. The Morgan fingerprint density at radius 1 is 1.35 bits per heavy atom. The van der Waals surface area contributed by atoms with Crippen LogP contribution < -0.4 is 9.64 Å². The highest BCUT2D eigenvalue weighted by Crippen LogP contribution is 2.23. The van der Waals surface area contributed by atoms with Gasteiger partial charge in [-0.15, -0.1) is 0 Å². The van der Waals surface area contributed by atoms with Gasteiger partial charge in [0, 0.05) is 24.7 Å². The van der Waals surface area contributed by atoms with Gasteiger partial charge >= 0.3 is 0 Å². The number of hydrogen-bond donors (Lipinski definition) is 0. The molecule has 0 aliphatic carbocycles. The minimum absolute atomic E-state index is 0.427. The van der Waals surface area contributed by atoms with Gasteiger partial charge in [0.15, 0.2) is 0 Å². The second-order valence-corrected chi connectivity index (χ2v) is 4.49. The van der Waals surface area contributed by atoms with E-state index in [9.17, 15) is 0 Å². The van der Waals surface area contributed by atoms with Gasteiger partial charge in [-0.25, -0.2) is 0 Å². The first kappa shape index (κ1) is 13.4. The summed E-state index contributed by atoms with van der Waals surface area (Å²) in [6, 6.07) is 6.21. The maximum Gasteiger partial charge on any atom is 0.123 e. The Morgan fingerprint density at radius 2 is 2.06 bits per heavy atom. The van der Waals surface area contributed by atoms with Crippen molar-refractivity contribution in [1.82, 2.24) is 0 Å². The van der Waals surface area contributed by atoms with Crippen LogP contribution in [0.25, 0.3) is 0 Å². The molecule has 0 saturated carbocycles. The molecule has 0 aliphatic rings. The maximum atomic E-state index is 5.32. The Bertz CT molecular complexity index is 426. The van der Waals surface area contributed by atoms with Crippen LogP contribution in [0.1, 0.15) is 19.4 Å². The van der Waals surface area contributed by atoms with E-state index in [0.717, 1.165) is 23.5 Å². The molecule has 0 bridgehead atoms. The van der Waals surface area contributed by atoms with Gasteiger partial charge in [0.2, 0.25) is 0 Å². The second-order valence-electron chi connectivity index (χ2n) is 4.49. The fourth-order valence-electron chi connectivity index (χ4n) is 1.51. The summed E-state index contributed by atoms with van der Waals surface area (Å²) in [5.74, 6) is 7.68. The molecule has 0 aliphatic heterocycles. The van der Waals surface area contributed by atoms with Gasteiger partial charge in [0.05, 0.1) is 13.7 Å². The lowest BCUT2D eigenvalue weighted by Crippen LogP contribution is -2.17. The molecule has 17 heavy (non-hydrogen) atoms. The molecule has 0 atom stereocenters. The minimum Gasteiger partial charge on any atom is -0.496 e. The Labute approximate surface area is 105 Å². The highest BCUT2D eigenvalue weighted by molar-refractivity contribution is 5.53. The lowest BCUT2D eigenvalue weighted by atomic mass is 10.2. The summed E-state index contributed by atoms with van der Waals surface area (Å²) in [5, 5.41) is 0. The summed E-state index contributed by atoms with van der Waals surface area (Å²) < 4.78 is 5.32. The van der Waals surface area contributed by atoms with Gasteiger partial charge in [-0.2, -0.15) is 0 Å². The van der Waals surface area contributed by atoms with Crippen LogP contribution in [0.4, 0.5) is 5.69 Å². The molecule has 0 saturated heterocycles. The molecule has 2 nitrogen and oxygen atoms in total. The minimum atomic E-state index is 0.427. The SMILES string of the molecule is COc1cc(N(C)CC#CC(C)C)ccc1C. The fraction of sp³-hybridized carbons (Fsp3) is 0.467. The van der Waals surface area contributed by atoms with E-state index in [1.54, 1.807) is 7.11 Å². The number of nitrogens with zero attached hydrogens (tertiary/aromatic N) is 1. The smallest absolute Gasteiger partial charge is 0.123 e. The molecule has 0 heterocycles. The topological polar surface area (TPSA) is 12.5 Å². The van der Waals surface area contributed by atoms with Crippen LogP contribution in [0.5, 0.6) is 5.75 Å². The predicted molar refractivity (Wildman–Crippen MR) is 73.6 cm³/mol. The van der Waals surface area contributed by atoms with Crippen molar-refractivity contribution in [3.8, 4) is 17.6 Å². The van der Waals surface area contributed by atoms with Crippen molar-refractivity contribution >= 4 is 5.69 Å². The summed E-state index contributed by atoms with van der Waals surface area (Å²) in [6.45, 7) is 6.98. The predicted octanol–water partition coefficient (Wildman–Crippen LogP) is 3.10. The van der Waals surface area contributed by atoms with Gasteiger partial charge in [-0.05, 0) is 18.6 Å². The summed E-state index contributed by atoms with van der Waals surface area (Å²) in [6.07, 6.45) is 0. The summed E-state index contributed by atoms with van der Waals surface area (Å²) in [7, 11) is 3.74. The van der Waals surface area contributed by atoms with Crippen LogP contribution in [0, 0.1) is 24.7 Å². The summed E-state index contributed by atoms with van der Waals surface area (Å²) in [4.78, 5) is 2.12. The number of aryl methyl sites for hydroxylation is 1.